The highest BCUT2D eigenvalue weighted by atomic mass is 16.3. The fourth-order valence-corrected chi connectivity index (χ4v) is 8.58. The fraction of sp³-hybridized carbons (Fsp3) is 0.0588. The number of furan rings is 2. The van der Waals surface area contributed by atoms with Crippen molar-refractivity contribution >= 4 is 65.7 Å². The van der Waals surface area contributed by atoms with Crippen LogP contribution in [0, 0.1) is 6.92 Å². The molecule has 3 nitrogen and oxygen atoms in total. The zero-order chi connectivity index (χ0) is 35.8. The molecule has 0 radical (unpaired) electrons. The minimum atomic E-state index is 0.907. The van der Waals surface area contributed by atoms with E-state index in [4.69, 9.17) is 8.83 Å². The molecule has 0 unspecified atom stereocenters. The van der Waals surface area contributed by atoms with Crippen molar-refractivity contribution in [2.75, 3.05) is 0 Å². The van der Waals surface area contributed by atoms with Gasteiger partial charge in [-0.2, -0.15) is 0 Å². The summed E-state index contributed by atoms with van der Waals surface area (Å²) in [6.45, 7) is 2.23. The van der Waals surface area contributed by atoms with Crippen molar-refractivity contribution in [1.29, 1.82) is 0 Å². The van der Waals surface area contributed by atoms with Crippen molar-refractivity contribution in [2.45, 2.75) is 19.8 Å². The summed E-state index contributed by atoms with van der Waals surface area (Å²) in [6.07, 6.45) is 1.91. The summed E-state index contributed by atoms with van der Waals surface area (Å²) in [6, 6.07) is 61.3. The molecule has 0 amide bonds. The number of hydrogen-bond acceptors (Lipinski definition) is 2. The van der Waals surface area contributed by atoms with E-state index >= 15 is 0 Å². The van der Waals surface area contributed by atoms with Gasteiger partial charge >= 0.3 is 0 Å². The Balaban J connectivity index is 0.965. The summed E-state index contributed by atoms with van der Waals surface area (Å²) < 4.78 is 14.6. The molecule has 3 heterocycles. The predicted molar refractivity (Wildman–Crippen MR) is 225 cm³/mol. The first-order valence-corrected chi connectivity index (χ1v) is 18.7. The molecule has 3 heteroatoms. The van der Waals surface area contributed by atoms with Crippen LogP contribution in [0.15, 0.2) is 179 Å². The molecule has 3 aromatic heterocycles. The Morgan fingerprint density at radius 1 is 0.407 bits per heavy atom. The first kappa shape index (κ1) is 30.8. The van der Waals surface area contributed by atoms with Crippen LogP contribution in [0.25, 0.3) is 93.6 Å². The highest BCUT2D eigenvalue weighted by Crippen LogP contribution is 2.39. The van der Waals surface area contributed by atoms with E-state index in [-0.39, 0.29) is 0 Å². The molecule has 0 aliphatic heterocycles. The molecule has 54 heavy (non-hydrogen) atoms. The Hall–Kier alpha value is -6.84. The van der Waals surface area contributed by atoms with Crippen LogP contribution in [0.5, 0.6) is 0 Å². The van der Waals surface area contributed by atoms with Crippen molar-refractivity contribution in [3.05, 3.63) is 187 Å². The predicted octanol–water partition coefficient (Wildman–Crippen LogP) is 14.0. The monoisotopic (exact) mass is 693 g/mol. The summed E-state index contributed by atoms with van der Waals surface area (Å²) in [4.78, 5) is 0. The van der Waals surface area contributed by atoms with Gasteiger partial charge in [-0.3, -0.25) is 0 Å². The zero-order valence-electron chi connectivity index (χ0n) is 29.8. The Labute approximate surface area is 312 Å². The van der Waals surface area contributed by atoms with E-state index in [0.717, 1.165) is 51.6 Å². The topological polar surface area (TPSA) is 31.2 Å². The standard InChI is InChI=1S/C51H35NO2/c1-32-18-21-35(29-42(32)38-11-3-2-10-34(38)22-19-33-20-26-50-44(28-33)40-13-5-8-16-48(40)53-50)36-23-25-47-43(30-36)39-12-4-7-15-46(39)52(47)37-24-27-51-45(31-37)41-14-6-9-17-49(41)54-51/h2-18,20-21,23-31H,19,22H2,1H3. The van der Waals surface area contributed by atoms with E-state index in [1.54, 1.807) is 0 Å². The maximum atomic E-state index is 6.17. The van der Waals surface area contributed by atoms with Gasteiger partial charge in [-0.25, -0.2) is 0 Å². The number of hydrogen-bond donors (Lipinski definition) is 0. The highest BCUT2D eigenvalue weighted by Gasteiger charge is 2.17. The van der Waals surface area contributed by atoms with Crippen molar-refractivity contribution in [3.8, 4) is 27.9 Å². The van der Waals surface area contributed by atoms with Crippen LogP contribution in [0.4, 0.5) is 0 Å². The van der Waals surface area contributed by atoms with Gasteiger partial charge < -0.3 is 13.4 Å². The lowest BCUT2D eigenvalue weighted by Gasteiger charge is -2.15. The Bertz CT molecular complexity index is 3240. The van der Waals surface area contributed by atoms with E-state index in [0.29, 0.717) is 0 Å². The third kappa shape index (κ3) is 4.89. The zero-order valence-corrected chi connectivity index (χ0v) is 29.8. The van der Waals surface area contributed by atoms with Crippen molar-refractivity contribution in [3.63, 3.8) is 0 Å². The van der Waals surface area contributed by atoms with Gasteiger partial charge in [-0.15, -0.1) is 0 Å². The number of aryl methyl sites for hydroxylation is 3. The molecule has 0 aliphatic carbocycles. The molecule has 0 bridgehead atoms. The number of para-hydroxylation sites is 3. The molecule has 8 aromatic carbocycles. The number of nitrogens with zero attached hydrogens (tertiary/aromatic N) is 1. The third-order valence-electron chi connectivity index (χ3n) is 11.3. The first-order valence-electron chi connectivity index (χ1n) is 18.7. The third-order valence-corrected chi connectivity index (χ3v) is 11.3. The van der Waals surface area contributed by atoms with E-state index in [1.807, 2.05) is 24.3 Å². The van der Waals surface area contributed by atoms with Gasteiger partial charge in [0.2, 0.25) is 0 Å². The minimum Gasteiger partial charge on any atom is -0.456 e. The maximum absolute atomic E-state index is 6.17. The second kappa shape index (κ2) is 12.1. The SMILES string of the molecule is Cc1ccc(-c2ccc3c(c2)c2ccccc2n3-c2ccc3oc4ccccc4c3c2)cc1-c1ccccc1CCc1ccc2oc3ccccc3c2c1. The number of rotatable bonds is 6. The van der Waals surface area contributed by atoms with Crippen molar-refractivity contribution < 1.29 is 8.83 Å². The molecule has 256 valence electrons. The molecular weight excluding hydrogens is 659 g/mol. The molecule has 0 saturated carbocycles. The summed E-state index contributed by atoms with van der Waals surface area (Å²) in [5, 5.41) is 7.11. The summed E-state index contributed by atoms with van der Waals surface area (Å²) in [7, 11) is 0. The Morgan fingerprint density at radius 3 is 1.83 bits per heavy atom. The second-order valence-corrected chi connectivity index (χ2v) is 14.5. The van der Waals surface area contributed by atoms with E-state index in [2.05, 4.69) is 157 Å². The van der Waals surface area contributed by atoms with Gasteiger partial charge in [0.1, 0.15) is 22.3 Å². The average Bonchev–Trinajstić information content (AvgIpc) is 3.89. The van der Waals surface area contributed by atoms with Crippen LogP contribution in [0.2, 0.25) is 0 Å². The smallest absolute Gasteiger partial charge is 0.135 e. The van der Waals surface area contributed by atoms with Crippen molar-refractivity contribution in [1.82, 2.24) is 4.57 Å². The lowest BCUT2D eigenvalue weighted by Crippen LogP contribution is -1.96. The summed E-state index contributed by atoms with van der Waals surface area (Å²) in [5.74, 6) is 0. The van der Waals surface area contributed by atoms with Crippen LogP contribution in [0.1, 0.15) is 16.7 Å². The molecule has 0 fully saturated rings. The molecule has 11 aromatic rings. The summed E-state index contributed by atoms with van der Waals surface area (Å²) in [5.41, 5.74) is 16.2. The van der Waals surface area contributed by atoms with Crippen molar-refractivity contribution in [2.24, 2.45) is 0 Å². The molecule has 0 aliphatic rings. The Kier molecular flexibility index (Phi) is 6.90. The lowest BCUT2D eigenvalue weighted by atomic mass is 9.90. The van der Waals surface area contributed by atoms with E-state index < -0.39 is 0 Å². The first-order chi connectivity index (χ1) is 26.7. The molecular formula is C51H35NO2. The van der Waals surface area contributed by atoms with Gasteiger partial charge in [0, 0.05) is 38.0 Å². The average molecular weight is 694 g/mol. The van der Waals surface area contributed by atoms with Gasteiger partial charge in [-0.05, 0) is 125 Å². The van der Waals surface area contributed by atoms with Crippen LogP contribution in [0.3, 0.4) is 0 Å². The summed E-state index contributed by atoms with van der Waals surface area (Å²) >= 11 is 0. The van der Waals surface area contributed by atoms with E-state index in [1.165, 1.54) is 71.5 Å². The Morgan fingerprint density at radius 2 is 1.02 bits per heavy atom. The van der Waals surface area contributed by atoms with E-state index in [9.17, 15) is 0 Å². The number of aromatic nitrogens is 1. The van der Waals surface area contributed by atoms with Gasteiger partial charge in [0.05, 0.1) is 11.0 Å². The lowest BCUT2D eigenvalue weighted by molar-refractivity contribution is 0.668. The van der Waals surface area contributed by atoms with Crippen LogP contribution in [-0.2, 0) is 12.8 Å². The van der Waals surface area contributed by atoms with Crippen LogP contribution in [-0.4, -0.2) is 4.57 Å². The van der Waals surface area contributed by atoms with Gasteiger partial charge in [-0.1, -0.05) is 103 Å². The molecule has 11 rings (SSSR count). The van der Waals surface area contributed by atoms with Gasteiger partial charge in [0.25, 0.3) is 0 Å². The molecule has 0 atom stereocenters. The minimum absolute atomic E-state index is 0.907. The van der Waals surface area contributed by atoms with Gasteiger partial charge in [0.15, 0.2) is 0 Å². The number of fused-ring (bicyclic) bond motifs is 9. The van der Waals surface area contributed by atoms with Crippen LogP contribution >= 0.6 is 0 Å². The number of benzene rings is 8. The maximum Gasteiger partial charge on any atom is 0.135 e. The largest absolute Gasteiger partial charge is 0.456 e. The molecule has 0 spiro atoms. The van der Waals surface area contributed by atoms with Crippen LogP contribution < -0.4 is 0 Å². The molecule has 0 N–H and O–H groups in total. The molecule has 0 saturated heterocycles. The normalized spacial score (nSPS) is 11.9. The second-order valence-electron chi connectivity index (χ2n) is 14.5. The highest BCUT2D eigenvalue weighted by molar-refractivity contribution is 6.12. The quantitative estimate of drug-likeness (QED) is 0.174. The fourth-order valence-electron chi connectivity index (χ4n) is 8.58.